The molecule has 3 rings (SSSR count). The number of carbonyl (C=O) groups is 1. The molecule has 0 aromatic heterocycles. The van der Waals surface area contributed by atoms with E-state index in [0.717, 1.165) is 41.9 Å². The first-order chi connectivity index (χ1) is 14.3. The van der Waals surface area contributed by atoms with E-state index in [4.69, 9.17) is 4.74 Å². The summed E-state index contributed by atoms with van der Waals surface area (Å²) in [5.41, 5.74) is 6.26. The highest BCUT2D eigenvalue weighted by Gasteiger charge is 2.08. The number of unbranched alkanes of at least 4 members (excludes halogenated alkanes) is 1. The molecule has 0 heterocycles. The van der Waals surface area contributed by atoms with Gasteiger partial charge in [-0.1, -0.05) is 74.0 Å². The molecule has 0 radical (unpaired) electrons. The molecule has 3 aromatic rings. The highest BCUT2D eigenvalue weighted by molar-refractivity contribution is 6.02. The third-order valence-electron chi connectivity index (χ3n) is 4.53. The van der Waals surface area contributed by atoms with Crippen LogP contribution in [0.1, 0.15) is 47.7 Å². The molecule has 0 aliphatic heterocycles. The number of nitrogens with one attached hydrogen (secondary N) is 1. The average Bonchev–Trinajstić information content (AvgIpc) is 2.79. The van der Waals surface area contributed by atoms with Gasteiger partial charge in [0.2, 0.25) is 0 Å². The van der Waals surface area contributed by atoms with Gasteiger partial charge in [0.25, 0.3) is 5.91 Å². The summed E-state index contributed by atoms with van der Waals surface area (Å²) >= 11 is 0. The summed E-state index contributed by atoms with van der Waals surface area (Å²) in [5, 5.41) is 4.39. The highest BCUT2D eigenvalue weighted by atomic mass is 16.5. The minimum atomic E-state index is -0.232. The molecule has 0 aliphatic rings. The van der Waals surface area contributed by atoms with Crippen molar-refractivity contribution >= 4 is 11.6 Å². The molecule has 29 heavy (non-hydrogen) atoms. The fourth-order valence-corrected chi connectivity index (χ4v) is 2.87. The summed E-state index contributed by atoms with van der Waals surface area (Å²) in [6.07, 6.45) is 2.92. The van der Waals surface area contributed by atoms with Crippen LogP contribution >= 0.6 is 0 Å². The van der Waals surface area contributed by atoms with Crippen LogP contribution in [0.25, 0.3) is 0 Å². The van der Waals surface area contributed by atoms with Gasteiger partial charge >= 0.3 is 0 Å². The van der Waals surface area contributed by atoms with Crippen LogP contribution in [0.2, 0.25) is 0 Å². The molecule has 3 aromatic carbocycles. The first-order valence-corrected chi connectivity index (χ1v) is 9.95. The molecule has 0 aliphatic carbocycles. The van der Waals surface area contributed by atoms with E-state index >= 15 is 0 Å². The number of nitrogens with zero attached hydrogens (tertiary/aromatic N) is 1. The van der Waals surface area contributed by atoms with Crippen molar-refractivity contribution in [2.75, 3.05) is 0 Å². The second-order valence-corrected chi connectivity index (χ2v) is 6.77. The Morgan fingerprint density at radius 3 is 2.17 bits per heavy atom. The minimum absolute atomic E-state index is 0.232. The summed E-state index contributed by atoms with van der Waals surface area (Å²) in [5.74, 6) is 0.492. The SMILES string of the molecule is CCCCC(=NNC(=O)c1ccc(OCc2ccccc2)cc1)c1ccccc1. The summed E-state index contributed by atoms with van der Waals surface area (Å²) in [6, 6.07) is 27.0. The van der Waals surface area contributed by atoms with Crippen molar-refractivity contribution in [3.63, 3.8) is 0 Å². The maximum atomic E-state index is 12.5. The predicted octanol–water partition coefficient (Wildman–Crippen LogP) is 5.59. The maximum absolute atomic E-state index is 12.5. The van der Waals surface area contributed by atoms with Crippen LogP contribution < -0.4 is 10.2 Å². The molecule has 0 saturated carbocycles. The van der Waals surface area contributed by atoms with Gasteiger partial charge in [0.05, 0.1) is 5.71 Å². The fraction of sp³-hybridized carbons (Fsp3) is 0.200. The third kappa shape index (κ3) is 6.32. The van der Waals surface area contributed by atoms with Gasteiger partial charge in [0.15, 0.2) is 0 Å². The van der Waals surface area contributed by atoms with Crippen molar-refractivity contribution < 1.29 is 9.53 Å². The zero-order valence-electron chi connectivity index (χ0n) is 16.7. The molecule has 0 fully saturated rings. The van der Waals surface area contributed by atoms with Crippen LogP contribution in [0.15, 0.2) is 90.0 Å². The van der Waals surface area contributed by atoms with Gasteiger partial charge in [-0.25, -0.2) is 5.43 Å². The first-order valence-electron chi connectivity index (χ1n) is 9.95. The Kier molecular flexibility index (Phi) is 7.58. The number of benzene rings is 3. The molecular formula is C25H26N2O2. The molecule has 0 atom stereocenters. The lowest BCUT2D eigenvalue weighted by atomic mass is 10.1. The van der Waals surface area contributed by atoms with E-state index in [-0.39, 0.29) is 5.91 Å². The summed E-state index contributed by atoms with van der Waals surface area (Å²) in [6.45, 7) is 2.64. The van der Waals surface area contributed by atoms with Crippen molar-refractivity contribution in [1.29, 1.82) is 0 Å². The lowest BCUT2D eigenvalue weighted by molar-refractivity contribution is 0.0954. The number of amides is 1. The molecule has 0 saturated heterocycles. The van der Waals surface area contributed by atoms with Crippen LogP contribution in [0, 0.1) is 0 Å². The van der Waals surface area contributed by atoms with E-state index in [0.29, 0.717) is 12.2 Å². The Labute approximate surface area is 172 Å². The van der Waals surface area contributed by atoms with Crippen LogP contribution in [-0.4, -0.2) is 11.6 Å². The Balaban J connectivity index is 1.61. The van der Waals surface area contributed by atoms with E-state index in [1.165, 1.54) is 0 Å². The van der Waals surface area contributed by atoms with Crippen LogP contribution in [0.4, 0.5) is 0 Å². The zero-order valence-corrected chi connectivity index (χ0v) is 16.7. The quantitative estimate of drug-likeness (QED) is 0.385. The molecule has 0 unspecified atom stereocenters. The number of hydrogen-bond acceptors (Lipinski definition) is 3. The molecule has 1 amide bonds. The number of rotatable bonds is 9. The lowest BCUT2D eigenvalue weighted by Crippen LogP contribution is -2.20. The Bertz CT molecular complexity index is 920. The Morgan fingerprint density at radius 1 is 0.862 bits per heavy atom. The van der Waals surface area contributed by atoms with E-state index in [1.54, 1.807) is 24.3 Å². The van der Waals surface area contributed by atoms with Gasteiger partial charge in [-0.2, -0.15) is 5.10 Å². The second kappa shape index (κ2) is 10.8. The molecule has 148 valence electrons. The van der Waals surface area contributed by atoms with E-state index in [9.17, 15) is 4.79 Å². The molecule has 0 spiro atoms. The highest BCUT2D eigenvalue weighted by Crippen LogP contribution is 2.14. The summed E-state index contributed by atoms with van der Waals surface area (Å²) in [7, 11) is 0. The maximum Gasteiger partial charge on any atom is 0.271 e. The Hall–Kier alpha value is -3.40. The predicted molar refractivity (Wildman–Crippen MR) is 117 cm³/mol. The molecule has 0 bridgehead atoms. The van der Waals surface area contributed by atoms with Crippen LogP contribution in [0.5, 0.6) is 5.75 Å². The third-order valence-corrected chi connectivity index (χ3v) is 4.53. The fourth-order valence-electron chi connectivity index (χ4n) is 2.87. The van der Waals surface area contributed by atoms with Crippen LogP contribution in [-0.2, 0) is 6.61 Å². The van der Waals surface area contributed by atoms with Gasteiger partial charge in [-0.05, 0) is 48.2 Å². The van der Waals surface area contributed by atoms with E-state index in [2.05, 4.69) is 17.5 Å². The van der Waals surface area contributed by atoms with Crippen molar-refractivity contribution in [2.24, 2.45) is 5.10 Å². The Morgan fingerprint density at radius 2 is 1.52 bits per heavy atom. The van der Waals surface area contributed by atoms with Gasteiger partial charge in [-0.3, -0.25) is 4.79 Å². The smallest absolute Gasteiger partial charge is 0.271 e. The topological polar surface area (TPSA) is 50.7 Å². The van der Waals surface area contributed by atoms with Crippen molar-refractivity contribution in [3.05, 3.63) is 102 Å². The molecule has 4 nitrogen and oxygen atoms in total. The van der Waals surface area contributed by atoms with E-state index in [1.807, 2.05) is 60.7 Å². The van der Waals surface area contributed by atoms with Gasteiger partial charge in [-0.15, -0.1) is 0 Å². The number of hydrogen-bond donors (Lipinski definition) is 1. The summed E-state index contributed by atoms with van der Waals surface area (Å²) < 4.78 is 5.77. The van der Waals surface area contributed by atoms with Gasteiger partial charge in [0, 0.05) is 5.56 Å². The molecular weight excluding hydrogens is 360 g/mol. The first kappa shape index (κ1) is 20.3. The van der Waals surface area contributed by atoms with Gasteiger partial charge < -0.3 is 4.74 Å². The van der Waals surface area contributed by atoms with Gasteiger partial charge in [0.1, 0.15) is 12.4 Å². The second-order valence-electron chi connectivity index (χ2n) is 6.77. The minimum Gasteiger partial charge on any atom is -0.489 e. The number of hydrazone groups is 1. The molecule has 4 heteroatoms. The monoisotopic (exact) mass is 386 g/mol. The lowest BCUT2D eigenvalue weighted by Gasteiger charge is -2.08. The molecule has 1 N–H and O–H groups in total. The standard InChI is InChI=1S/C25H26N2O2/c1-2-3-14-24(21-12-8-5-9-13-21)26-27-25(28)22-15-17-23(18-16-22)29-19-20-10-6-4-7-11-20/h4-13,15-18H,2-3,14,19H2,1H3,(H,27,28). The normalized spacial score (nSPS) is 11.1. The average molecular weight is 386 g/mol. The van der Waals surface area contributed by atoms with Crippen molar-refractivity contribution in [3.8, 4) is 5.75 Å². The number of ether oxygens (including phenoxy) is 1. The summed E-state index contributed by atoms with van der Waals surface area (Å²) in [4.78, 5) is 12.5. The number of carbonyl (C=O) groups excluding carboxylic acids is 1. The van der Waals surface area contributed by atoms with E-state index < -0.39 is 0 Å². The zero-order chi connectivity index (χ0) is 20.3. The van der Waals surface area contributed by atoms with Crippen LogP contribution in [0.3, 0.4) is 0 Å². The van der Waals surface area contributed by atoms with Crippen molar-refractivity contribution in [1.82, 2.24) is 5.43 Å². The van der Waals surface area contributed by atoms with Crippen molar-refractivity contribution in [2.45, 2.75) is 32.8 Å². The largest absolute Gasteiger partial charge is 0.489 e.